The first-order valence-electron chi connectivity index (χ1n) is 6.25. The van der Waals surface area contributed by atoms with Crippen molar-refractivity contribution in [1.82, 2.24) is 9.88 Å². The van der Waals surface area contributed by atoms with Crippen molar-refractivity contribution < 1.29 is 0 Å². The number of rotatable bonds is 4. The Bertz CT molecular complexity index is 416. The average Bonchev–Trinajstić information content (AvgIpc) is 2.76. The van der Waals surface area contributed by atoms with Gasteiger partial charge in [0.05, 0.1) is 17.6 Å². The van der Waals surface area contributed by atoms with Crippen LogP contribution in [0.1, 0.15) is 18.5 Å². The quantitative estimate of drug-likeness (QED) is 0.829. The molecule has 98 valence electrons. The van der Waals surface area contributed by atoms with Crippen LogP contribution in [0.15, 0.2) is 18.3 Å². The van der Waals surface area contributed by atoms with Gasteiger partial charge >= 0.3 is 0 Å². The summed E-state index contributed by atoms with van der Waals surface area (Å²) in [6.45, 7) is 2.18. The molecule has 1 saturated heterocycles. The highest BCUT2D eigenvalue weighted by atomic mass is 32.1. The fourth-order valence-corrected chi connectivity index (χ4v) is 2.61. The first-order valence-corrected chi connectivity index (χ1v) is 6.66. The van der Waals surface area contributed by atoms with Gasteiger partial charge in [0.15, 0.2) is 0 Å². The molecular weight excluding hydrogens is 244 g/mol. The van der Waals surface area contributed by atoms with E-state index in [2.05, 4.69) is 34.9 Å². The van der Waals surface area contributed by atoms with Crippen LogP contribution >= 0.6 is 12.2 Å². The van der Waals surface area contributed by atoms with Gasteiger partial charge in [0.2, 0.25) is 0 Å². The summed E-state index contributed by atoms with van der Waals surface area (Å²) in [6, 6.07) is 4.55. The fraction of sp³-hybridized carbons (Fsp3) is 0.538. The van der Waals surface area contributed by atoms with Gasteiger partial charge in [0, 0.05) is 19.1 Å². The third kappa shape index (κ3) is 2.97. The van der Waals surface area contributed by atoms with Crippen molar-refractivity contribution in [2.45, 2.75) is 18.9 Å². The van der Waals surface area contributed by atoms with Gasteiger partial charge in [-0.25, -0.2) is 0 Å². The minimum absolute atomic E-state index is 0.354. The molecule has 1 fully saturated rings. The lowest BCUT2D eigenvalue weighted by molar-refractivity contribution is 0.372. The number of anilines is 1. The lowest BCUT2D eigenvalue weighted by atomic mass is 10.2. The number of hydrogen-bond acceptors (Lipinski definition) is 4. The van der Waals surface area contributed by atoms with E-state index in [0.717, 1.165) is 13.1 Å². The molecule has 1 aliphatic heterocycles. The van der Waals surface area contributed by atoms with Gasteiger partial charge in [0.1, 0.15) is 4.99 Å². The summed E-state index contributed by atoms with van der Waals surface area (Å²) in [5.41, 5.74) is 7.42. The van der Waals surface area contributed by atoms with E-state index in [0.29, 0.717) is 16.7 Å². The summed E-state index contributed by atoms with van der Waals surface area (Å²) < 4.78 is 0. The molecule has 1 unspecified atom stereocenters. The van der Waals surface area contributed by atoms with Crippen molar-refractivity contribution >= 4 is 22.9 Å². The maximum Gasteiger partial charge on any atom is 0.122 e. The molecule has 0 radical (unpaired) electrons. The lowest BCUT2D eigenvalue weighted by Gasteiger charge is -2.28. The summed E-state index contributed by atoms with van der Waals surface area (Å²) in [6.07, 6.45) is 4.37. The predicted molar refractivity (Wildman–Crippen MR) is 79.0 cm³/mol. The first-order chi connectivity index (χ1) is 8.58. The second-order valence-corrected chi connectivity index (χ2v) is 5.46. The Morgan fingerprint density at radius 3 is 2.89 bits per heavy atom. The third-order valence-corrected chi connectivity index (χ3v) is 3.49. The molecule has 0 aromatic carbocycles. The maximum atomic E-state index is 5.56. The largest absolute Gasteiger partial charge is 0.388 e. The van der Waals surface area contributed by atoms with E-state index in [4.69, 9.17) is 18.0 Å². The number of hydrogen-bond donors (Lipinski definition) is 1. The van der Waals surface area contributed by atoms with Crippen molar-refractivity contribution in [3.8, 4) is 0 Å². The van der Waals surface area contributed by atoms with Crippen LogP contribution in [0.3, 0.4) is 0 Å². The van der Waals surface area contributed by atoms with Crippen molar-refractivity contribution in [2.75, 3.05) is 32.1 Å². The van der Waals surface area contributed by atoms with Gasteiger partial charge in [-0.1, -0.05) is 12.2 Å². The van der Waals surface area contributed by atoms with Crippen molar-refractivity contribution in [3.63, 3.8) is 0 Å². The number of likely N-dealkylation sites (N-methyl/N-ethyl adjacent to an activating group) is 1. The van der Waals surface area contributed by atoms with E-state index in [9.17, 15) is 0 Å². The highest BCUT2D eigenvalue weighted by molar-refractivity contribution is 7.80. The molecule has 1 atom stereocenters. The predicted octanol–water partition coefficient (Wildman–Crippen LogP) is 1.25. The highest BCUT2D eigenvalue weighted by Gasteiger charge is 2.25. The van der Waals surface area contributed by atoms with Gasteiger partial charge < -0.3 is 15.5 Å². The van der Waals surface area contributed by atoms with Gasteiger partial charge in [-0.2, -0.15) is 0 Å². The molecule has 0 bridgehead atoms. The SMILES string of the molecule is CN(C)CC1CCCN1c1ccc(C(N)=S)nc1. The molecule has 2 heterocycles. The number of nitrogens with zero attached hydrogens (tertiary/aromatic N) is 3. The van der Waals surface area contributed by atoms with Crippen LogP contribution in [0, 0.1) is 0 Å². The average molecular weight is 264 g/mol. The molecule has 0 spiro atoms. The zero-order chi connectivity index (χ0) is 13.1. The monoisotopic (exact) mass is 264 g/mol. The van der Waals surface area contributed by atoms with Crippen molar-refractivity contribution in [3.05, 3.63) is 24.0 Å². The smallest absolute Gasteiger partial charge is 0.122 e. The number of nitrogens with two attached hydrogens (primary N) is 1. The summed E-state index contributed by atoms with van der Waals surface area (Å²) in [5.74, 6) is 0. The number of aromatic nitrogens is 1. The van der Waals surface area contributed by atoms with Crippen LogP contribution in [0.5, 0.6) is 0 Å². The minimum Gasteiger partial charge on any atom is -0.388 e. The molecule has 2 N–H and O–H groups in total. The zero-order valence-electron chi connectivity index (χ0n) is 11.0. The van der Waals surface area contributed by atoms with Crippen LogP contribution in [0.2, 0.25) is 0 Å². The van der Waals surface area contributed by atoms with Crippen molar-refractivity contribution in [1.29, 1.82) is 0 Å². The zero-order valence-corrected chi connectivity index (χ0v) is 11.8. The maximum absolute atomic E-state index is 5.56. The highest BCUT2D eigenvalue weighted by Crippen LogP contribution is 2.25. The lowest BCUT2D eigenvalue weighted by Crippen LogP contribution is -2.37. The molecule has 4 nitrogen and oxygen atoms in total. The van der Waals surface area contributed by atoms with Crippen LogP contribution in [-0.4, -0.2) is 48.1 Å². The first kappa shape index (κ1) is 13.2. The second-order valence-electron chi connectivity index (χ2n) is 5.02. The third-order valence-electron chi connectivity index (χ3n) is 3.29. The molecule has 1 aromatic rings. The van der Waals surface area contributed by atoms with E-state index in [1.807, 2.05) is 12.3 Å². The molecule has 0 saturated carbocycles. The van der Waals surface area contributed by atoms with E-state index in [1.165, 1.54) is 18.5 Å². The number of pyridine rings is 1. The molecule has 0 amide bonds. The standard InChI is InChI=1S/C13H20N4S/c1-16(2)9-11-4-3-7-17(11)10-5-6-12(13(14)18)15-8-10/h5-6,8,11H,3-4,7,9H2,1-2H3,(H2,14,18). The second kappa shape index (κ2) is 5.63. The minimum atomic E-state index is 0.354. The molecule has 1 aromatic heterocycles. The Hall–Kier alpha value is -1.20. The normalized spacial score (nSPS) is 19.5. The van der Waals surface area contributed by atoms with E-state index in [1.54, 1.807) is 0 Å². The summed E-state index contributed by atoms with van der Waals surface area (Å²) in [7, 11) is 4.23. The topological polar surface area (TPSA) is 45.4 Å². The van der Waals surface area contributed by atoms with Gasteiger partial charge in [-0.05, 0) is 39.1 Å². The van der Waals surface area contributed by atoms with E-state index in [-0.39, 0.29) is 0 Å². The Morgan fingerprint density at radius 1 is 1.56 bits per heavy atom. The summed E-state index contributed by atoms with van der Waals surface area (Å²) >= 11 is 4.92. The van der Waals surface area contributed by atoms with Crippen LogP contribution in [-0.2, 0) is 0 Å². The van der Waals surface area contributed by atoms with Crippen LogP contribution in [0.25, 0.3) is 0 Å². The molecule has 1 aliphatic rings. The van der Waals surface area contributed by atoms with Gasteiger partial charge in [-0.3, -0.25) is 4.98 Å². The summed E-state index contributed by atoms with van der Waals surface area (Å²) in [5, 5.41) is 0. The van der Waals surface area contributed by atoms with E-state index >= 15 is 0 Å². The Morgan fingerprint density at radius 2 is 2.33 bits per heavy atom. The molecule has 18 heavy (non-hydrogen) atoms. The summed E-state index contributed by atoms with van der Waals surface area (Å²) in [4.78, 5) is 9.33. The molecule has 5 heteroatoms. The fourth-order valence-electron chi connectivity index (χ4n) is 2.49. The van der Waals surface area contributed by atoms with Gasteiger partial charge in [-0.15, -0.1) is 0 Å². The molecule has 0 aliphatic carbocycles. The Balaban J connectivity index is 2.12. The van der Waals surface area contributed by atoms with E-state index < -0.39 is 0 Å². The Kier molecular flexibility index (Phi) is 4.14. The molecule has 2 rings (SSSR count). The molecular formula is C13H20N4S. The van der Waals surface area contributed by atoms with Gasteiger partial charge in [0.25, 0.3) is 0 Å². The Labute approximate surface area is 114 Å². The van der Waals surface area contributed by atoms with Crippen molar-refractivity contribution in [2.24, 2.45) is 5.73 Å². The van der Waals surface area contributed by atoms with Crippen LogP contribution < -0.4 is 10.6 Å². The number of thiocarbonyl (C=S) groups is 1. The van der Waals surface area contributed by atoms with Crippen LogP contribution in [0.4, 0.5) is 5.69 Å².